The molecular formula is C12H21NO2. The van der Waals surface area contributed by atoms with Crippen LogP contribution in [0.1, 0.15) is 39.0 Å². The minimum atomic E-state index is -0.589. The average Bonchev–Trinajstić information content (AvgIpc) is 2.59. The molecule has 0 bridgehead atoms. The maximum absolute atomic E-state index is 10.9. The maximum atomic E-state index is 10.9. The first kappa shape index (κ1) is 10.9. The Labute approximate surface area is 91.5 Å². The third-order valence-electron chi connectivity index (χ3n) is 3.98. The summed E-state index contributed by atoms with van der Waals surface area (Å²) in [6.45, 7) is 4.45. The molecule has 0 aromatic carbocycles. The number of carboxylic acid groups (broad SMARTS) is 1. The van der Waals surface area contributed by atoms with Crippen molar-refractivity contribution in [1.29, 1.82) is 0 Å². The van der Waals surface area contributed by atoms with Crippen LogP contribution in [0.3, 0.4) is 0 Å². The van der Waals surface area contributed by atoms with Crippen molar-refractivity contribution in [3.63, 3.8) is 0 Å². The van der Waals surface area contributed by atoms with Crippen LogP contribution in [0, 0.1) is 11.8 Å². The number of nitrogens with zero attached hydrogens (tertiary/aromatic N) is 1. The molecule has 0 aliphatic carbocycles. The molecule has 86 valence electrons. The summed E-state index contributed by atoms with van der Waals surface area (Å²) < 4.78 is 0. The van der Waals surface area contributed by atoms with Gasteiger partial charge in [-0.25, -0.2) is 0 Å². The molecule has 0 amide bonds. The molecule has 0 aromatic heterocycles. The molecule has 2 rings (SSSR count). The summed E-state index contributed by atoms with van der Waals surface area (Å²) in [7, 11) is 0. The summed E-state index contributed by atoms with van der Waals surface area (Å²) in [6.07, 6.45) is 5.54. The largest absolute Gasteiger partial charge is 0.481 e. The first-order valence-corrected chi connectivity index (χ1v) is 6.17. The SMILES string of the molecule is CCCC1CC2CC(C(=O)O)CCN2C1. The summed E-state index contributed by atoms with van der Waals surface area (Å²) in [5.74, 6) is 0.160. The minimum absolute atomic E-state index is 0.0772. The van der Waals surface area contributed by atoms with Crippen LogP contribution in [0.2, 0.25) is 0 Å². The highest BCUT2D eigenvalue weighted by Gasteiger charge is 2.38. The van der Waals surface area contributed by atoms with Gasteiger partial charge in [0.1, 0.15) is 0 Å². The van der Waals surface area contributed by atoms with Crippen molar-refractivity contribution in [2.24, 2.45) is 11.8 Å². The number of carboxylic acids is 1. The van der Waals surface area contributed by atoms with E-state index in [1.807, 2.05) is 0 Å². The molecule has 0 aromatic rings. The Morgan fingerprint density at radius 2 is 2.27 bits per heavy atom. The minimum Gasteiger partial charge on any atom is -0.481 e. The molecule has 3 nitrogen and oxygen atoms in total. The smallest absolute Gasteiger partial charge is 0.306 e. The fourth-order valence-corrected chi connectivity index (χ4v) is 3.22. The Bertz CT molecular complexity index is 242. The zero-order chi connectivity index (χ0) is 10.8. The number of fused-ring (bicyclic) bond motifs is 1. The lowest BCUT2D eigenvalue weighted by Gasteiger charge is -2.32. The van der Waals surface area contributed by atoms with Gasteiger partial charge in [-0.15, -0.1) is 0 Å². The Kier molecular flexibility index (Phi) is 3.29. The molecule has 2 heterocycles. The normalized spacial score (nSPS) is 36.5. The summed E-state index contributed by atoms with van der Waals surface area (Å²) in [6, 6.07) is 0.566. The van der Waals surface area contributed by atoms with Crippen LogP contribution in [0.5, 0.6) is 0 Å². The van der Waals surface area contributed by atoms with Gasteiger partial charge in [-0.3, -0.25) is 4.79 Å². The van der Waals surface area contributed by atoms with Gasteiger partial charge >= 0.3 is 5.97 Å². The lowest BCUT2D eigenvalue weighted by Crippen LogP contribution is -2.40. The Balaban J connectivity index is 1.89. The lowest BCUT2D eigenvalue weighted by molar-refractivity contribution is -0.143. The van der Waals surface area contributed by atoms with Gasteiger partial charge in [0.05, 0.1) is 5.92 Å². The third-order valence-corrected chi connectivity index (χ3v) is 3.98. The molecule has 3 heteroatoms. The van der Waals surface area contributed by atoms with Crippen LogP contribution in [0.25, 0.3) is 0 Å². The van der Waals surface area contributed by atoms with E-state index in [9.17, 15) is 4.79 Å². The quantitative estimate of drug-likeness (QED) is 0.776. The van der Waals surface area contributed by atoms with Crippen molar-refractivity contribution in [2.45, 2.75) is 45.1 Å². The average molecular weight is 211 g/mol. The monoisotopic (exact) mass is 211 g/mol. The van der Waals surface area contributed by atoms with Crippen molar-refractivity contribution in [3.05, 3.63) is 0 Å². The zero-order valence-corrected chi connectivity index (χ0v) is 9.48. The second-order valence-corrected chi connectivity index (χ2v) is 5.10. The molecule has 0 spiro atoms. The second kappa shape index (κ2) is 4.52. The lowest BCUT2D eigenvalue weighted by atomic mass is 9.90. The van der Waals surface area contributed by atoms with Gasteiger partial charge in [0, 0.05) is 12.6 Å². The van der Waals surface area contributed by atoms with E-state index in [2.05, 4.69) is 11.8 Å². The summed E-state index contributed by atoms with van der Waals surface area (Å²) in [4.78, 5) is 13.4. The number of carbonyl (C=O) groups is 1. The van der Waals surface area contributed by atoms with E-state index < -0.39 is 5.97 Å². The molecule has 3 atom stereocenters. The maximum Gasteiger partial charge on any atom is 0.306 e. The predicted molar refractivity (Wildman–Crippen MR) is 58.7 cm³/mol. The van der Waals surface area contributed by atoms with E-state index in [-0.39, 0.29) is 5.92 Å². The van der Waals surface area contributed by atoms with Crippen LogP contribution in [0.15, 0.2) is 0 Å². The van der Waals surface area contributed by atoms with E-state index >= 15 is 0 Å². The number of piperidine rings is 1. The first-order valence-electron chi connectivity index (χ1n) is 6.17. The van der Waals surface area contributed by atoms with Crippen LogP contribution in [-0.2, 0) is 4.79 Å². The van der Waals surface area contributed by atoms with Crippen LogP contribution < -0.4 is 0 Å². The van der Waals surface area contributed by atoms with Crippen molar-refractivity contribution in [3.8, 4) is 0 Å². The van der Waals surface area contributed by atoms with Crippen molar-refractivity contribution >= 4 is 5.97 Å². The van der Waals surface area contributed by atoms with E-state index in [1.165, 1.54) is 25.8 Å². The van der Waals surface area contributed by atoms with Gasteiger partial charge in [0.2, 0.25) is 0 Å². The summed E-state index contributed by atoms with van der Waals surface area (Å²) in [5.41, 5.74) is 0. The second-order valence-electron chi connectivity index (χ2n) is 5.10. The van der Waals surface area contributed by atoms with Gasteiger partial charge in [0.25, 0.3) is 0 Å². The first-order chi connectivity index (χ1) is 7.20. The third kappa shape index (κ3) is 2.33. The van der Waals surface area contributed by atoms with Crippen LogP contribution in [0.4, 0.5) is 0 Å². The molecule has 2 aliphatic rings. The fourth-order valence-electron chi connectivity index (χ4n) is 3.22. The number of rotatable bonds is 3. The predicted octanol–water partition coefficient (Wildman–Crippen LogP) is 1.97. The molecule has 3 unspecified atom stereocenters. The van der Waals surface area contributed by atoms with Gasteiger partial charge in [-0.1, -0.05) is 13.3 Å². The van der Waals surface area contributed by atoms with Crippen molar-refractivity contribution in [1.82, 2.24) is 4.90 Å². The van der Waals surface area contributed by atoms with Gasteiger partial charge in [-0.05, 0) is 38.1 Å². The van der Waals surface area contributed by atoms with E-state index in [1.54, 1.807) is 0 Å². The highest BCUT2D eigenvalue weighted by molar-refractivity contribution is 5.70. The molecule has 2 fully saturated rings. The molecule has 2 aliphatic heterocycles. The van der Waals surface area contributed by atoms with Crippen LogP contribution >= 0.6 is 0 Å². The molecule has 15 heavy (non-hydrogen) atoms. The molecular weight excluding hydrogens is 190 g/mol. The number of hydrogen-bond acceptors (Lipinski definition) is 2. The van der Waals surface area contributed by atoms with E-state index in [0.29, 0.717) is 6.04 Å². The Morgan fingerprint density at radius 3 is 2.93 bits per heavy atom. The van der Waals surface area contributed by atoms with E-state index in [4.69, 9.17) is 5.11 Å². The standard InChI is InChI=1S/C12H21NO2/c1-2-3-9-6-11-7-10(12(14)15)4-5-13(11)8-9/h9-11H,2-8H2,1H3,(H,14,15). The molecule has 0 saturated carbocycles. The summed E-state index contributed by atoms with van der Waals surface area (Å²) in [5, 5.41) is 9.01. The highest BCUT2D eigenvalue weighted by atomic mass is 16.4. The van der Waals surface area contributed by atoms with Crippen molar-refractivity contribution in [2.75, 3.05) is 13.1 Å². The topological polar surface area (TPSA) is 40.5 Å². The molecule has 0 radical (unpaired) electrons. The van der Waals surface area contributed by atoms with Gasteiger partial charge in [-0.2, -0.15) is 0 Å². The van der Waals surface area contributed by atoms with Gasteiger partial charge < -0.3 is 10.0 Å². The Hall–Kier alpha value is -0.570. The molecule has 1 N–H and O–H groups in total. The number of hydrogen-bond donors (Lipinski definition) is 1. The van der Waals surface area contributed by atoms with Gasteiger partial charge in [0.15, 0.2) is 0 Å². The Morgan fingerprint density at radius 1 is 1.47 bits per heavy atom. The fraction of sp³-hybridized carbons (Fsp3) is 0.917. The van der Waals surface area contributed by atoms with Crippen molar-refractivity contribution < 1.29 is 9.90 Å². The molecule has 2 saturated heterocycles. The number of aliphatic carboxylic acids is 1. The highest BCUT2D eigenvalue weighted by Crippen LogP contribution is 2.35. The summed E-state index contributed by atoms with van der Waals surface area (Å²) >= 11 is 0. The zero-order valence-electron chi connectivity index (χ0n) is 9.48. The van der Waals surface area contributed by atoms with E-state index in [0.717, 1.165) is 25.3 Å². The van der Waals surface area contributed by atoms with Crippen LogP contribution in [-0.4, -0.2) is 35.1 Å².